The lowest BCUT2D eigenvalue weighted by Crippen LogP contribution is -2.33. The fourth-order valence-corrected chi connectivity index (χ4v) is 2.08. The molecule has 0 spiro atoms. The fraction of sp³-hybridized carbons (Fsp3) is 0.692. The van der Waals surface area contributed by atoms with Crippen molar-refractivity contribution in [3.63, 3.8) is 0 Å². The zero-order valence-corrected chi connectivity index (χ0v) is 10.8. The van der Waals surface area contributed by atoms with E-state index in [2.05, 4.69) is 34.0 Å². The molecular weight excluding hydrogens is 212 g/mol. The molecule has 4 nitrogen and oxygen atoms in total. The summed E-state index contributed by atoms with van der Waals surface area (Å²) in [4.78, 5) is 11.2. The second-order valence-electron chi connectivity index (χ2n) is 4.86. The molecule has 0 bridgehead atoms. The van der Waals surface area contributed by atoms with E-state index in [4.69, 9.17) is 0 Å². The Labute approximate surface area is 103 Å². The molecule has 1 aromatic rings. The van der Waals surface area contributed by atoms with Crippen LogP contribution in [0.15, 0.2) is 12.4 Å². The van der Waals surface area contributed by atoms with Crippen molar-refractivity contribution >= 4 is 11.6 Å². The molecule has 1 aliphatic heterocycles. The zero-order chi connectivity index (χ0) is 12.1. The minimum Gasteiger partial charge on any atom is -0.369 e. The minimum absolute atomic E-state index is 0.848. The number of piperidine rings is 1. The number of nitrogens with zero attached hydrogens (tertiary/aromatic N) is 3. The second kappa shape index (κ2) is 5.84. The van der Waals surface area contributed by atoms with E-state index in [1.165, 1.54) is 12.8 Å². The van der Waals surface area contributed by atoms with Crippen LogP contribution in [0, 0.1) is 5.92 Å². The smallest absolute Gasteiger partial charge is 0.149 e. The maximum Gasteiger partial charge on any atom is 0.149 e. The first-order valence-corrected chi connectivity index (χ1v) is 6.60. The monoisotopic (exact) mass is 234 g/mol. The third-order valence-electron chi connectivity index (χ3n) is 3.29. The normalized spacial score (nSPS) is 17.2. The Morgan fingerprint density at radius 2 is 2.12 bits per heavy atom. The summed E-state index contributed by atoms with van der Waals surface area (Å²) in [6.07, 6.45) is 7.29. The third-order valence-corrected chi connectivity index (χ3v) is 3.29. The molecule has 1 saturated heterocycles. The fourth-order valence-electron chi connectivity index (χ4n) is 2.08. The largest absolute Gasteiger partial charge is 0.369 e. The number of rotatable bonds is 4. The molecule has 1 fully saturated rings. The summed E-state index contributed by atoms with van der Waals surface area (Å²) in [7, 11) is 0. The standard InChI is InChI=1S/C13H22N4/c1-3-6-15-12-9-14-10-13(16-12)17-7-4-11(2)5-8-17/h9-11H,3-8H2,1-2H3,(H,15,16). The van der Waals surface area contributed by atoms with Gasteiger partial charge in [0.1, 0.15) is 11.6 Å². The van der Waals surface area contributed by atoms with Gasteiger partial charge >= 0.3 is 0 Å². The molecule has 2 heterocycles. The predicted molar refractivity (Wildman–Crippen MR) is 71.4 cm³/mol. The number of hydrogen-bond acceptors (Lipinski definition) is 4. The Morgan fingerprint density at radius 3 is 2.82 bits per heavy atom. The van der Waals surface area contributed by atoms with Crippen LogP contribution < -0.4 is 10.2 Å². The SMILES string of the molecule is CCCNc1cncc(N2CCC(C)CC2)n1. The van der Waals surface area contributed by atoms with Crippen molar-refractivity contribution in [3.05, 3.63) is 12.4 Å². The number of aromatic nitrogens is 2. The second-order valence-corrected chi connectivity index (χ2v) is 4.86. The Balaban J connectivity index is 2.00. The van der Waals surface area contributed by atoms with Gasteiger partial charge < -0.3 is 10.2 Å². The van der Waals surface area contributed by atoms with Crippen molar-refractivity contribution < 1.29 is 0 Å². The topological polar surface area (TPSA) is 41.1 Å². The van der Waals surface area contributed by atoms with Crippen LogP contribution in [0.5, 0.6) is 0 Å². The average Bonchev–Trinajstić information content (AvgIpc) is 2.37. The van der Waals surface area contributed by atoms with E-state index in [-0.39, 0.29) is 0 Å². The van der Waals surface area contributed by atoms with Gasteiger partial charge in [0.05, 0.1) is 12.4 Å². The van der Waals surface area contributed by atoms with Gasteiger partial charge in [-0.1, -0.05) is 13.8 Å². The Kier molecular flexibility index (Phi) is 4.18. The summed E-state index contributed by atoms with van der Waals surface area (Å²) in [5.74, 6) is 2.75. The van der Waals surface area contributed by atoms with E-state index in [9.17, 15) is 0 Å². The van der Waals surface area contributed by atoms with E-state index in [0.717, 1.165) is 43.6 Å². The lowest BCUT2D eigenvalue weighted by atomic mass is 9.99. The third kappa shape index (κ3) is 3.32. The van der Waals surface area contributed by atoms with E-state index < -0.39 is 0 Å². The molecule has 0 amide bonds. The zero-order valence-electron chi connectivity index (χ0n) is 10.8. The van der Waals surface area contributed by atoms with Gasteiger partial charge in [-0.2, -0.15) is 0 Å². The van der Waals surface area contributed by atoms with Crippen LogP contribution in [0.25, 0.3) is 0 Å². The van der Waals surface area contributed by atoms with Crippen molar-refractivity contribution in [2.45, 2.75) is 33.1 Å². The number of anilines is 2. The number of hydrogen-bond donors (Lipinski definition) is 1. The first-order chi connectivity index (χ1) is 8.29. The van der Waals surface area contributed by atoms with Gasteiger partial charge in [0.25, 0.3) is 0 Å². The van der Waals surface area contributed by atoms with Crippen molar-refractivity contribution in [2.75, 3.05) is 29.9 Å². The van der Waals surface area contributed by atoms with Crippen molar-refractivity contribution in [1.29, 1.82) is 0 Å². The molecule has 0 aliphatic carbocycles. The first kappa shape index (κ1) is 12.1. The molecule has 0 saturated carbocycles. The molecule has 2 rings (SSSR count). The molecule has 17 heavy (non-hydrogen) atoms. The highest BCUT2D eigenvalue weighted by atomic mass is 15.2. The molecule has 0 aromatic carbocycles. The summed E-state index contributed by atoms with van der Waals surface area (Å²) in [5.41, 5.74) is 0. The van der Waals surface area contributed by atoms with Crippen LogP contribution in [0.2, 0.25) is 0 Å². The Bertz CT molecular complexity index is 345. The minimum atomic E-state index is 0.848. The van der Waals surface area contributed by atoms with Crippen LogP contribution in [0.1, 0.15) is 33.1 Å². The van der Waals surface area contributed by atoms with Crippen LogP contribution in [0.3, 0.4) is 0 Å². The van der Waals surface area contributed by atoms with Crippen molar-refractivity contribution in [2.24, 2.45) is 5.92 Å². The van der Waals surface area contributed by atoms with Gasteiger partial charge in [-0.05, 0) is 25.2 Å². The molecule has 1 N–H and O–H groups in total. The van der Waals surface area contributed by atoms with Crippen LogP contribution in [0.4, 0.5) is 11.6 Å². The van der Waals surface area contributed by atoms with Gasteiger partial charge in [-0.25, -0.2) is 4.98 Å². The van der Waals surface area contributed by atoms with Crippen molar-refractivity contribution in [1.82, 2.24) is 9.97 Å². The summed E-state index contributed by atoms with van der Waals surface area (Å²) >= 11 is 0. The Morgan fingerprint density at radius 1 is 1.35 bits per heavy atom. The van der Waals surface area contributed by atoms with E-state index in [1.54, 1.807) is 6.20 Å². The van der Waals surface area contributed by atoms with Gasteiger partial charge in [-0.15, -0.1) is 0 Å². The summed E-state index contributed by atoms with van der Waals surface area (Å²) in [5, 5.41) is 3.28. The van der Waals surface area contributed by atoms with E-state index >= 15 is 0 Å². The lowest BCUT2D eigenvalue weighted by Gasteiger charge is -2.31. The highest BCUT2D eigenvalue weighted by Gasteiger charge is 2.17. The van der Waals surface area contributed by atoms with Crippen LogP contribution in [-0.2, 0) is 0 Å². The van der Waals surface area contributed by atoms with Gasteiger partial charge in [0.2, 0.25) is 0 Å². The van der Waals surface area contributed by atoms with Gasteiger partial charge in [0, 0.05) is 19.6 Å². The first-order valence-electron chi connectivity index (χ1n) is 6.60. The summed E-state index contributed by atoms with van der Waals surface area (Å²) in [6.45, 7) is 7.63. The molecule has 0 atom stereocenters. The predicted octanol–water partition coefficient (Wildman–Crippen LogP) is 2.53. The number of nitrogens with one attached hydrogen (secondary N) is 1. The lowest BCUT2D eigenvalue weighted by molar-refractivity contribution is 0.436. The Hall–Kier alpha value is -1.32. The highest BCUT2D eigenvalue weighted by molar-refractivity contribution is 5.44. The molecule has 1 aliphatic rings. The molecule has 4 heteroatoms. The van der Waals surface area contributed by atoms with Gasteiger partial charge in [-0.3, -0.25) is 4.98 Å². The van der Waals surface area contributed by atoms with E-state index in [0.29, 0.717) is 0 Å². The molecule has 0 unspecified atom stereocenters. The summed E-state index contributed by atoms with van der Waals surface area (Å²) in [6, 6.07) is 0. The maximum absolute atomic E-state index is 4.61. The molecule has 0 radical (unpaired) electrons. The van der Waals surface area contributed by atoms with Crippen LogP contribution >= 0.6 is 0 Å². The van der Waals surface area contributed by atoms with Crippen molar-refractivity contribution in [3.8, 4) is 0 Å². The maximum atomic E-state index is 4.61. The quantitative estimate of drug-likeness (QED) is 0.869. The molecular formula is C13H22N4. The molecule has 1 aromatic heterocycles. The van der Waals surface area contributed by atoms with Gasteiger partial charge in [0.15, 0.2) is 0 Å². The van der Waals surface area contributed by atoms with Crippen LogP contribution in [-0.4, -0.2) is 29.6 Å². The highest BCUT2D eigenvalue weighted by Crippen LogP contribution is 2.21. The average molecular weight is 234 g/mol. The summed E-state index contributed by atoms with van der Waals surface area (Å²) < 4.78 is 0. The van der Waals surface area contributed by atoms with E-state index in [1.807, 2.05) is 6.20 Å². The molecule has 94 valence electrons.